The molecule has 52 heavy (non-hydrogen) atoms. The molecule has 0 saturated heterocycles. The number of alkyl carbamates (subject to hydrolysis) is 2. The van der Waals surface area contributed by atoms with Crippen LogP contribution in [0.2, 0.25) is 0 Å². The highest BCUT2D eigenvalue weighted by atomic mass is 32.2. The van der Waals surface area contributed by atoms with Gasteiger partial charge >= 0.3 is 18.2 Å². The number of carbonyl (C=O) groups is 4. The lowest BCUT2D eigenvalue weighted by Crippen LogP contribution is -2.43. The lowest BCUT2D eigenvalue weighted by Gasteiger charge is -2.19. The van der Waals surface area contributed by atoms with Crippen molar-refractivity contribution in [3.63, 3.8) is 0 Å². The Balaban J connectivity index is 4.38. The smallest absolute Gasteiger partial charge is 0.407 e. The van der Waals surface area contributed by atoms with Gasteiger partial charge in [0.2, 0.25) is 5.91 Å². The summed E-state index contributed by atoms with van der Waals surface area (Å²) in [6.45, 7) is 7.38. The number of unbranched alkanes of at least 4 members (excludes halogenated alkanes) is 14. The number of ether oxygens (including phenoxy) is 5. The molecule has 0 saturated carbocycles. The van der Waals surface area contributed by atoms with Crippen molar-refractivity contribution in [1.29, 1.82) is 0 Å². The number of amides is 3. The molecule has 306 valence electrons. The van der Waals surface area contributed by atoms with Crippen molar-refractivity contribution < 1.29 is 48.0 Å². The van der Waals surface area contributed by atoms with E-state index in [1.807, 2.05) is 0 Å². The van der Waals surface area contributed by atoms with E-state index in [4.69, 9.17) is 34.5 Å². The number of carboxylic acid groups (broad SMARTS) is 1. The third-order valence-electron chi connectivity index (χ3n) is 7.96. The zero-order chi connectivity index (χ0) is 38.3. The number of carbonyl (C=O) groups excluding carboxylic acids is 3. The van der Waals surface area contributed by atoms with Crippen molar-refractivity contribution in [3.05, 3.63) is 0 Å². The van der Waals surface area contributed by atoms with Crippen LogP contribution in [0.4, 0.5) is 9.59 Å². The molecule has 2 atom stereocenters. The Hall–Kier alpha value is -2.33. The van der Waals surface area contributed by atoms with Crippen molar-refractivity contribution in [2.45, 2.75) is 135 Å². The van der Waals surface area contributed by atoms with Crippen molar-refractivity contribution in [2.75, 3.05) is 77.4 Å². The number of thioether (sulfide) groups is 1. The molecule has 14 nitrogen and oxygen atoms in total. The largest absolute Gasteiger partial charge is 0.481 e. The molecule has 0 aromatic heterocycles. The molecule has 0 aliphatic heterocycles. The molecule has 3 amide bonds. The Kier molecular flexibility index (Phi) is 36.7. The molecule has 0 aromatic rings. The first-order chi connectivity index (χ1) is 25.3. The topological polar surface area (TPSA) is 197 Å². The molecule has 0 rings (SSSR count). The first-order valence-electron chi connectivity index (χ1n) is 19.7. The molecule has 6 N–H and O–H groups in total. The highest BCUT2D eigenvalue weighted by molar-refractivity contribution is 7.99. The van der Waals surface area contributed by atoms with Crippen molar-refractivity contribution in [1.82, 2.24) is 16.0 Å². The fourth-order valence-corrected chi connectivity index (χ4v) is 5.88. The maximum Gasteiger partial charge on any atom is 0.407 e. The number of aliphatic carboxylic acids is 1. The van der Waals surface area contributed by atoms with Gasteiger partial charge in [-0.2, -0.15) is 11.8 Å². The van der Waals surface area contributed by atoms with E-state index in [0.717, 1.165) is 38.5 Å². The summed E-state index contributed by atoms with van der Waals surface area (Å²) < 4.78 is 26.9. The van der Waals surface area contributed by atoms with Crippen molar-refractivity contribution in [2.24, 2.45) is 5.73 Å². The average molecular weight is 765 g/mol. The van der Waals surface area contributed by atoms with Gasteiger partial charge < -0.3 is 50.5 Å². The van der Waals surface area contributed by atoms with Crippen LogP contribution in [-0.4, -0.2) is 119 Å². The summed E-state index contributed by atoms with van der Waals surface area (Å²) in [6, 6.07) is -0.790. The van der Waals surface area contributed by atoms with Crippen LogP contribution in [0, 0.1) is 0 Å². The average Bonchev–Trinajstić information content (AvgIpc) is 3.12. The van der Waals surface area contributed by atoms with Crippen LogP contribution in [0.15, 0.2) is 0 Å². The number of hydrogen-bond acceptors (Lipinski definition) is 11. The van der Waals surface area contributed by atoms with Crippen LogP contribution >= 0.6 is 11.8 Å². The van der Waals surface area contributed by atoms with Crippen LogP contribution in [-0.2, 0) is 33.3 Å². The molecular formula is C37H72N4O10S. The van der Waals surface area contributed by atoms with Gasteiger partial charge in [0.1, 0.15) is 12.7 Å². The van der Waals surface area contributed by atoms with Gasteiger partial charge in [-0.25, -0.2) is 9.59 Å². The van der Waals surface area contributed by atoms with E-state index < -0.39 is 30.3 Å². The molecule has 0 heterocycles. The second-order valence-corrected chi connectivity index (χ2v) is 13.9. The van der Waals surface area contributed by atoms with E-state index in [-0.39, 0.29) is 44.4 Å². The van der Waals surface area contributed by atoms with Gasteiger partial charge in [0.25, 0.3) is 0 Å². The quantitative estimate of drug-likeness (QED) is 0.0476. The summed E-state index contributed by atoms with van der Waals surface area (Å²) >= 11 is 1.34. The Morgan fingerprint density at radius 1 is 0.596 bits per heavy atom. The summed E-state index contributed by atoms with van der Waals surface area (Å²) in [7, 11) is 0. The Labute approximate surface area is 317 Å². The molecular weight excluding hydrogens is 692 g/mol. The number of hydrogen-bond donors (Lipinski definition) is 5. The Morgan fingerprint density at radius 2 is 1.08 bits per heavy atom. The minimum Gasteiger partial charge on any atom is -0.481 e. The van der Waals surface area contributed by atoms with E-state index in [1.54, 1.807) is 0 Å². The molecule has 0 spiro atoms. The fraction of sp³-hybridized carbons (Fsp3) is 0.892. The van der Waals surface area contributed by atoms with E-state index in [9.17, 15) is 19.2 Å². The van der Waals surface area contributed by atoms with Crippen molar-refractivity contribution in [3.8, 4) is 0 Å². The van der Waals surface area contributed by atoms with Gasteiger partial charge in [0.15, 0.2) is 0 Å². The molecule has 0 radical (unpaired) electrons. The van der Waals surface area contributed by atoms with Crippen LogP contribution in [0.25, 0.3) is 0 Å². The van der Waals surface area contributed by atoms with E-state index in [1.165, 1.54) is 76.0 Å². The standard InChI is InChI=1S/C37H72N4O10S/c1-3-5-7-9-11-13-15-17-20-40-36(45)50-29-32(51-37(46)41-21-18-16-14-12-10-8-6-4-2)30-52-31-33(38)35(44)39-22-24-48-26-28-49-27-25-47-23-19-34(42)43/h32-33H,3-31,38H2,1-2H3,(H,39,44)(H,40,45)(H,41,46)(H,42,43)/t32-,33+/m1/s1. The number of rotatable bonds is 38. The van der Waals surface area contributed by atoms with Gasteiger partial charge in [-0.05, 0) is 12.8 Å². The van der Waals surface area contributed by atoms with Crippen molar-refractivity contribution >= 4 is 35.8 Å². The summed E-state index contributed by atoms with van der Waals surface area (Å²) in [5, 5.41) is 16.9. The lowest BCUT2D eigenvalue weighted by atomic mass is 10.1. The van der Waals surface area contributed by atoms with Gasteiger partial charge in [0, 0.05) is 31.1 Å². The molecule has 0 bridgehead atoms. The molecule has 0 aliphatic carbocycles. The molecule has 0 fully saturated rings. The maximum atomic E-state index is 12.5. The fourth-order valence-electron chi connectivity index (χ4n) is 4.91. The number of carboxylic acids is 1. The van der Waals surface area contributed by atoms with Crippen LogP contribution < -0.4 is 21.7 Å². The summed E-state index contributed by atoms with van der Waals surface area (Å²) in [5.74, 6) is -0.662. The third kappa shape index (κ3) is 36.0. The first kappa shape index (κ1) is 49.7. The monoisotopic (exact) mass is 764 g/mol. The summed E-state index contributed by atoms with van der Waals surface area (Å²) in [4.78, 5) is 47.7. The third-order valence-corrected chi connectivity index (χ3v) is 9.16. The maximum absolute atomic E-state index is 12.5. The minimum absolute atomic E-state index is 0.0428. The molecule has 15 heteroatoms. The first-order valence-corrected chi connectivity index (χ1v) is 20.9. The number of nitrogens with one attached hydrogen (secondary N) is 3. The van der Waals surface area contributed by atoms with Crippen LogP contribution in [0.5, 0.6) is 0 Å². The molecule has 0 unspecified atom stereocenters. The predicted molar refractivity (Wildman–Crippen MR) is 206 cm³/mol. The highest BCUT2D eigenvalue weighted by Gasteiger charge is 2.20. The normalized spacial score (nSPS) is 12.2. The summed E-state index contributed by atoms with van der Waals surface area (Å²) in [6.07, 6.45) is 16.8. The van der Waals surface area contributed by atoms with Gasteiger partial charge in [0.05, 0.1) is 52.1 Å². The van der Waals surface area contributed by atoms with Crippen LogP contribution in [0.1, 0.15) is 123 Å². The zero-order valence-corrected chi connectivity index (χ0v) is 33.1. The molecule has 0 aromatic carbocycles. The van der Waals surface area contributed by atoms with Gasteiger partial charge in [-0.1, -0.05) is 104 Å². The van der Waals surface area contributed by atoms with E-state index >= 15 is 0 Å². The van der Waals surface area contributed by atoms with Gasteiger partial charge in [-0.15, -0.1) is 0 Å². The van der Waals surface area contributed by atoms with E-state index in [0.29, 0.717) is 45.3 Å². The second kappa shape index (κ2) is 38.4. The van der Waals surface area contributed by atoms with Gasteiger partial charge in [-0.3, -0.25) is 9.59 Å². The highest BCUT2D eigenvalue weighted by Crippen LogP contribution is 2.11. The Bertz CT molecular complexity index is 874. The van der Waals surface area contributed by atoms with Crippen LogP contribution in [0.3, 0.4) is 0 Å². The number of nitrogens with two attached hydrogens (primary N) is 1. The zero-order valence-electron chi connectivity index (χ0n) is 32.3. The predicted octanol–water partition coefficient (Wildman–Crippen LogP) is 5.79. The van der Waals surface area contributed by atoms with E-state index in [2.05, 4.69) is 29.8 Å². The lowest BCUT2D eigenvalue weighted by molar-refractivity contribution is -0.138. The Morgan fingerprint density at radius 3 is 1.62 bits per heavy atom. The summed E-state index contributed by atoms with van der Waals surface area (Å²) in [5.41, 5.74) is 6.08. The minimum atomic E-state index is -0.906. The second-order valence-electron chi connectivity index (χ2n) is 12.8. The molecule has 0 aliphatic rings. The SMILES string of the molecule is CCCCCCCCCCNC(=O)OC[C@H](CSC[C@H](N)C(=O)NCCOCCOCCOCCC(=O)O)OC(=O)NCCCCCCCCCC.